The summed E-state index contributed by atoms with van der Waals surface area (Å²) in [7, 11) is -8.99. The molecule has 0 saturated heterocycles. The van der Waals surface area contributed by atoms with E-state index in [4.69, 9.17) is 4.74 Å². The van der Waals surface area contributed by atoms with Crippen LogP contribution in [0.4, 0.5) is 0 Å². The Balaban J connectivity index is 1.75. The van der Waals surface area contributed by atoms with Gasteiger partial charge in [-0.2, -0.15) is 8.42 Å². The minimum absolute atomic E-state index is 0.0739. The molecule has 1 aliphatic rings. The zero-order chi connectivity index (χ0) is 21.4. The van der Waals surface area contributed by atoms with Crippen molar-refractivity contribution in [2.75, 3.05) is 6.61 Å². The summed E-state index contributed by atoms with van der Waals surface area (Å²) in [4.78, 5) is 1.95. The fraction of sp³-hybridized carbons (Fsp3) is 0.333. The minimum atomic E-state index is -4.80. The van der Waals surface area contributed by atoms with E-state index in [0.717, 1.165) is 12.8 Å². The molecule has 1 heterocycles. The van der Waals surface area contributed by atoms with Gasteiger partial charge in [0.05, 0.1) is 17.0 Å². The van der Waals surface area contributed by atoms with E-state index in [9.17, 15) is 21.4 Å². The van der Waals surface area contributed by atoms with Crippen molar-refractivity contribution in [2.45, 2.75) is 46.9 Å². The van der Waals surface area contributed by atoms with Crippen LogP contribution in [0.5, 0.6) is 5.75 Å². The molecule has 3 aromatic rings. The van der Waals surface area contributed by atoms with Gasteiger partial charge < -0.3 is 9.72 Å². The highest BCUT2D eigenvalue weighted by Gasteiger charge is 2.31. The van der Waals surface area contributed by atoms with Gasteiger partial charge in [-0.3, -0.25) is 4.55 Å². The number of ether oxygens (including phenoxy) is 1. The summed E-state index contributed by atoms with van der Waals surface area (Å²) in [5.41, 5.74) is 0.262. The van der Waals surface area contributed by atoms with Crippen LogP contribution in [0.15, 0.2) is 63.3 Å². The number of benzene rings is 2. The Labute approximate surface area is 175 Å². The summed E-state index contributed by atoms with van der Waals surface area (Å²) < 4.78 is 65.9. The maximum atomic E-state index is 13.1. The molecule has 2 aromatic carbocycles. The molecule has 30 heavy (non-hydrogen) atoms. The van der Waals surface area contributed by atoms with Crippen LogP contribution >= 0.6 is 0 Å². The molecular formula is C21H23NO6S2. The van der Waals surface area contributed by atoms with Gasteiger partial charge in [-0.05, 0) is 43.0 Å². The molecule has 0 amide bonds. The molecule has 0 atom stereocenters. The largest absolute Gasteiger partial charge is 0.493 e. The number of aromatic nitrogens is 1. The second-order valence-electron chi connectivity index (χ2n) is 7.60. The summed E-state index contributed by atoms with van der Waals surface area (Å²) in [5, 5.41) is -0.465. The number of hydrogen-bond acceptors (Lipinski definition) is 5. The Morgan fingerprint density at radius 2 is 1.67 bits per heavy atom. The monoisotopic (exact) mass is 449 g/mol. The van der Waals surface area contributed by atoms with E-state index >= 15 is 0 Å². The fourth-order valence-corrected chi connectivity index (χ4v) is 6.68. The minimum Gasteiger partial charge on any atom is -0.493 e. The van der Waals surface area contributed by atoms with Crippen LogP contribution in [-0.2, 0) is 20.0 Å². The predicted octanol–water partition coefficient (Wildman–Crippen LogP) is 4.21. The van der Waals surface area contributed by atoms with Crippen LogP contribution in [0.3, 0.4) is 0 Å². The molecule has 0 spiro atoms. The van der Waals surface area contributed by atoms with Crippen molar-refractivity contribution in [1.82, 2.24) is 4.98 Å². The summed E-state index contributed by atoms with van der Waals surface area (Å²) >= 11 is 0. The van der Waals surface area contributed by atoms with E-state index in [1.54, 1.807) is 30.3 Å². The number of nitrogens with one attached hydrogen (secondary N) is 1. The lowest BCUT2D eigenvalue weighted by Gasteiger charge is -2.21. The van der Waals surface area contributed by atoms with E-state index in [1.165, 1.54) is 37.5 Å². The third-order valence-corrected chi connectivity index (χ3v) is 8.29. The van der Waals surface area contributed by atoms with E-state index in [0.29, 0.717) is 18.3 Å². The number of rotatable bonds is 6. The molecule has 4 rings (SSSR count). The zero-order valence-corrected chi connectivity index (χ0v) is 17.9. The third kappa shape index (κ3) is 4.10. The lowest BCUT2D eigenvalue weighted by atomic mass is 9.90. The Morgan fingerprint density at radius 3 is 2.33 bits per heavy atom. The SMILES string of the molecule is O=S(=O)(O)c1c(S(=O)(=O)c2ccccc2)[nH]c2cc(OCC3CCCCC3)ccc12. The molecule has 1 aromatic heterocycles. The maximum Gasteiger partial charge on any atom is 0.298 e. The van der Waals surface area contributed by atoms with Gasteiger partial charge in [-0.1, -0.05) is 37.5 Å². The van der Waals surface area contributed by atoms with Gasteiger partial charge in [0.15, 0.2) is 5.03 Å². The van der Waals surface area contributed by atoms with Crippen molar-refractivity contribution >= 4 is 30.9 Å². The topological polar surface area (TPSA) is 114 Å². The van der Waals surface area contributed by atoms with Crippen molar-refractivity contribution in [3.8, 4) is 5.75 Å². The van der Waals surface area contributed by atoms with Crippen LogP contribution < -0.4 is 4.74 Å². The van der Waals surface area contributed by atoms with E-state index in [2.05, 4.69) is 4.98 Å². The predicted molar refractivity (Wildman–Crippen MR) is 112 cm³/mol. The first kappa shape index (κ1) is 20.9. The van der Waals surface area contributed by atoms with E-state index in [-0.39, 0.29) is 15.8 Å². The molecule has 0 radical (unpaired) electrons. The summed E-state index contributed by atoms with van der Waals surface area (Å²) in [6.07, 6.45) is 5.89. The fourth-order valence-electron chi connectivity index (χ4n) is 3.95. The maximum absolute atomic E-state index is 13.1. The van der Waals surface area contributed by atoms with Crippen molar-refractivity contribution in [3.63, 3.8) is 0 Å². The Morgan fingerprint density at radius 1 is 0.967 bits per heavy atom. The molecule has 9 heteroatoms. The number of sulfone groups is 1. The van der Waals surface area contributed by atoms with Crippen LogP contribution in [0.2, 0.25) is 0 Å². The van der Waals surface area contributed by atoms with Crippen LogP contribution in [0.1, 0.15) is 32.1 Å². The normalized spacial score (nSPS) is 16.0. The van der Waals surface area contributed by atoms with Crippen LogP contribution in [0.25, 0.3) is 10.9 Å². The van der Waals surface area contributed by atoms with Gasteiger partial charge in [0, 0.05) is 11.5 Å². The van der Waals surface area contributed by atoms with Gasteiger partial charge in [-0.25, -0.2) is 8.42 Å². The van der Waals surface area contributed by atoms with E-state index in [1.807, 2.05) is 0 Å². The van der Waals surface area contributed by atoms with E-state index < -0.39 is 29.9 Å². The van der Waals surface area contributed by atoms with Gasteiger partial charge in [0.25, 0.3) is 10.1 Å². The quantitative estimate of drug-likeness (QED) is 0.545. The smallest absolute Gasteiger partial charge is 0.298 e. The van der Waals surface area contributed by atoms with Crippen molar-refractivity contribution < 1.29 is 26.1 Å². The Kier molecular flexibility index (Phi) is 5.61. The Hall–Kier alpha value is -2.36. The molecule has 0 unspecified atom stereocenters. The molecule has 160 valence electrons. The summed E-state index contributed by atoms with van der Waals surface area (Å²) in [6.45, 7) is 0.562. The first-order valence-electron chi connectivity index (χ1n) is 9.83. The number of aromatic amines is 1. The summed E-state index contributed by atoms with van der Waals surface area (Å²) in [5.74, 6) is 1.00. The second-order valence-corrected chi connectivity index (χ2v) is 10.8. The van der Waals surface area contributed by atoms with Gasteiger partial charge in [0.2, 0.25) is 9.84 Å². The average molecular weight is 450 g/mol. The highest BCUT2D eigenvalue weighted by atomic mass is 32.2. The first-order valence-corrected chi connectivity index (χ1v) is 12.8. The highest BCUT2D eigenvalue weighted by molar-refractivity contribution is 7.92. The first-order chi connectivity index (χ1) is 14.3. The highest BCUT2D eigenvalue weighted by Crippen LogP contribution is 2.35. The van der Waals surface area contributed by atoms with Crippen molar-refractivity contribution in [3.05, 3.63) is 48.5 Å². The Bertz CT molecular complexity index is 1260. The number of fused-ring (bicyclic) bond motifs is 1. The zero-order valence-electron chi connectivity index (χ0n) is 16.2. The molecule has 7 nitrogen and oxygen atoms in total. The molecule has 1 saturated carbocycles. The second kappa shape index (κ2) is 8.05. The number of H-pyrrole nitrogens is 1. The van der Waals surface area contributed by atoms with Gasteiger partial charge in [-0.15, -0.1) is 0 Å². The molecular weight excluding hydrogens is 426 g/mol. The van der Waals surface area contributed by atoms with Gasteiger partial charge in [0.1, 0.15) is 10.6 Å². The average Bonchev–Trinajstić information content (AvgIpc) is 3.14. The number of hydrogen-bond donors (Lipinski definition) is 2. The lowest BCUT2D eigenvalue weighted by Crippen LogP contribution is -2.15. The van der Waals surface area contributed by atoms with Gasteiger partial charge >= 0.3 is 0 Å². The van der Waals surface area contributed by atoms with Crippen molar-refractivity contribution in [2.24, 2.45) is 5.92 Å². The van der Waals surface area contributed by atoms with Crippen LogP contribution in [-0.4, -0.2) is 33.0 Å². The standard InChI is InChI=1S/C21H23NO6S2/c23-29(24,17-9-5-2-6-10-17)21-20(30(25,26)27)18-12-11-16(13-19(18)22-21)28-14-15-7-3-1-4-8-15/h2,5-6,9-13,15,22H,1,3-4,7-8,14H2,(H,25,26,27). The molecule has 1 fully saturated rings. The molecule has 2 N–H and O–H groups in total. The molecule has 1 aliphatic carbocycles. The molecule has 0 aliphatic heterocycles. The van der Waals surface area contributed by atoms with Crippen LogP contribution in [0, 0.1) is 5.92 Å². The summed E-state index contributed by atoms with van der Waals surface area (Å²) in [6, 6.07) is 12.1. The lowest BCUT2D eigenvalue weighted by molar-refractivity contribution is 0.209. The van der Waals surface area contributed by atoms with Crippen molar-refractivity contribution in [1.29, 1.82) is 0 Å². The molecule has 0 bridgehead atoms. The third-order valence-electron chi connectivity index (χ3n) is 5.48.